The highest BCUT2D eigenvalue weighted by Gasteiger charge is 2.50. The zero-order valence-corrected chi connectivity index (χ0v) is 22.7. The number of halogens is 1. The van der Waals surface area contributed by atoms with E-state index in [1.165, 1.54) is 0 Å². The first-order valence-electron chi connectivity index (χ1n) is 13.8. The molecular weight excluding hydrogens is 502 g/mol. The van der Waals surface area contributed by atoms with Crippen molar-refractivity contribution in [1.82, 2.24) is 4.90 Å². The van der Waals surface area contributed by atoms with Crippen LogP contribution in [0.1, 0.15) is 73.7 Å². The lowest BCUT2D eigenvalue weighted by Gasteiger charge is -2.53. The molecule has 6 rings (SSSR count). The molecule has 0 spiro atoms. The van der Waals surface area contributed by atoms with Gasteiger partial charge in [0, 0.05) is 23.0 Å². The van der Waals surface area contributed by atoms with E-state index in [1.807, 2.05) is 48.2 Å². The number of piperidine rings is 1. The molecule has 1 aliphatic heterocycles. The Labute approximate surface area is 227 Å². The molecule has 1 N–H and O–H groups in total. The van der Waals surface area contributed by atoms with E-state index >= 15 is 0 Å². The van der Waals surface area contributed by atoms with Crippen molar-refractivity contribution in [1.29, 1.82) is 0 Å². The summed E-state index contributed by atoms with van der Waals surface area (Å²) in [6.07, 6.45) is 5.89. The first kappa shape index (κ1) is 25.4. The number of carbonyl (C=O) groups excluding carboxylic acids is 1. The van der Waals surface area contributed by atoms with E-state index in [0.29, 0.717) is 35.7 Å². The molecule has 4 atom stereocenters. The molecule has 7 heteroatoms. The lowest BCUT2D eigenvalue weighted by Crippen LogP contribution is -2.58. The van der Waals surface area contributed by atoms with Crippen molar-refractivity contribution < 1.29 is 19.1 Å². The lowest BCUT2D eigenvalue weighted by atomic mass is 9.66. The standard InChI is InChI=1S/C31H34ClNO5/c1-18-16-25(27-22-6-5-7-23(22)30(35)38-26(27)17-18)37-19(2)29(34)33-15-14-31(36)13-4-3-8-24(31)28(33)20-9-11-21(32)12-10-20/h9-12,16-17,19,24,28,36H,3-8,13-15H2,1-2H3/t19?,24-,28-,31-/m0/s1. The van der Waals surface area contributed by atoms with Crippen LogP contribution < -0.4 is 10.4 Å². The van der Waals surface area contributed by atoms with Gasteiger partial charge in [-0.3, -0.25) is 4.79 Å². The van der Waals surface area contributed by atoms with Crippen LogP contribution >= 0.6 is 11.6 Å². The van der Waals surface area contributed by atoms with Gasteiger partial charge in [-0.25, -0.2) is 4.79 Å². The Morgan fingerprint density at radius 2 is 1.89 bits per heavy atom. The van der Waals surface area contributed by atoms with Gasteiger partial charge in [-0.1, -0.05) is 36.6 Å². The average molecular weight is 536 g/mol. The highest BCUT2D eigenvalue weighted by molar-refractivity contribution is 6.30. The van der Waals surface area contributed by atoms with Gasteiger partial charge in [0.2, 0.25) is 0 Å². The van der Waals surface area contributed by atoms with Gasteiger partial charge in [0.15, 0.2) is 6.10 Å². The predicted octanol–water partition coefficient (Wildman–Crippen LogP) is 5.91. The van der Waals surface area contributed by atoms with Crippen LogP contribution in [0, 0.1) is 12.8 Å². The van der Waals surface area contributed by atoms with E-state index < -0.39 is 11.7 Å². The maximum Gasteiger partial charge on any atom is 0.339 e. The number of likely N-dealkylation sites (tertiary alicyclic amines) is 1. The van der Waals surface area contributed by atoms with Gasteiger partial charge in [0.05, 0.1) is 17.0 Å². The molecule has 1 aromatic heterocycles. The molecule has 2 aromatic carbocycles. The fraction of sp³-hybridized carbons (Fsp3) is 0.484. The molecule has 0 bridgehead atoms. The summed E-state index contributed by atoms with van der Waals surface area (Å²) in [6, 6.07) is 11.2. The first-order valence-corrected chi connectivity index (χ1v) is 14.2. The summed E-state index contributed by atoms with van der Waals surface area (Å²) in [4.78, 5) is 28.5. The van der Waals surface area contributed by atoms with Crippen LogP contribution in [0.2, 0.25) is 5.02 Å². The number of hydrogen-bond donors (Lipinski definition) is 1. The number of rotatable bonds is 4. The molecule has 38 heavy (non-hydrogen) atoms. The molecule has 1 saturated carbocycles. The smallest absolute Gasteiger partial charge is 0.339 e. The second kappa shape index (κ2) is 9.73. The Bertz CT molecular complexity index is 1450. The molecule has 1 unspecified atom stereocenters. The average Bonchev–Trinajstić information content (AvgIpc) is 3.38. The summed E-state index contributed by atoms with van der Waals surface area (Å²) in [7, 11) is 0. The second-order valence-electron chi connectivity index (χ2n) is 11.3. The summed E-state index contributed by atoms with van der Waals surface area (Å²) < 4.78 is 12.1. The van der Waals surface area contributed by atoms with Gasteiger partial charge in [-0.2, -0.15) is 0 Å². The van der Waals surface area contributed by atoms with Crippen molar-refractivity contribution in [2.75, 3.05) is 6.54 Å². The minimum absolute atomic E-state index is 0.0420. The van der Waals surface area contributed by atoms with E-state index in [2.05, 4.69) is 0 Å². The second-order valence-corrected chi connectivity index (χ2v) is 11.8. The predicted molar refractivity (Wildman–Crippen MR) is 147 cm³/mol. The van der Waals surface area contributed by atoms with Crippen LogP contribution in [-0.2, 0) is 17.6 Å². The number of benzene rings is 2. The molecule has 0 radical (unpaired) electrons. The molecule has 3 aromatic rings. The zero-order valence-electron chi connectivity index (χ0n) is 22.0. The van der Waals surface area contributed by atoms with Crippen LogP contribution in [0.15, 0.2) is 45.6 Å². The third kappa shape index (κ3) is 4.32. The number of aryl methyl sites for hydroxylation is 2. The first-order chi connectivity index (χ1) is 18.2. The van der Waals surface area contributed by atoms with Crippen LogP contribution in [0.25, 0.3) is 11.0 Å². The molecular formula is C31H34ClNO5. The number of aliphatic hydroxyl groups is 1. The Kier molecular flexibility index (Phi) is 6.51. The number of ether oxygens (including phenoxy) is 1. The fourth-order valence-electron chi connectivity index (χ4n) is 7.07. The Balaban J connectivity index is 1.35. The van der Waals surface area contributed by atoms with Gasteiger partial charge < -0.3 is 19.2 Å². The summed E-state index contributed by atoms with van der Waals surface area (Å²) in [6.45, 7) is 4.18. The van der Waals surface area contributed by atoms with E-state index in [9.17, 15) is 14.7 Å². The largest absolute Gasteiger partial charge is 0.480 e. The Morgan fingerprint density at radius 1 is 1.13 bits per heavy atom. The maximum atomic E-state index is 14.1. The zero-order chi connectivity index (χ0) is 26.6. The molecule has 1 saturated heterocycles. The minimum atomic E-state index is -0.770. The van der Waals surface area contributed by atoms with Crippen molar-refractivity contribution in [3.05, 3.63) is 74.1 Å². The van der Waals surface area contributed by atoms with Crippen LogP contribution in [0.3, 0.4) is 0 Å². The highest BCUT2D eigenvalue weighted by Crippen LogP contribution is 2.49. The van der Waals surface area contributed by atoms with E-state index in [0.717, 1.165) is 66.2 Å². The molecule has 6 nitrogen and oxygen atoms in total. The van der Waals surface area contributed by atoms with E-state index in [4.69, 9.17) is 20.8 Å². The topological polar surface area (TPSA) is 80.0 Å². The number of amides is 1. The van der Waals surface area contributed by atoms with Crippen LogP contribution in [-0.4, -0.2) is 34.2 Å². The Hall–Kier alpha value is -2.83. The summed E-state index contributed by atoms with van der Waals surface area (Å²) in [5.74, 6) is 0.429. The number of nitrogens with zero attached hydrogens (tertiary/aromatic N) is 1. The molecule has 2 fully saturated rings. The van der Waals surface area contributed by atoms with Gasteiger partial charge in [-0.05, 0) is 93.3 Å². The maximum absolute atomic E-state index is 14.1. The number of carbonyl (C=O) groups is 1. The third-order valence-electron chi connectivity index (χ3n) is 8.89. The number of hydrogen-bond acceptors (Lipinski definition) is 5. The monoisotopic (exact) mass is 535 g/mol. The number of fused-ring (bicyclic) bond motifs is 4. The SMILES string of the molecule is Cc1cc(OC(C)C(=O)N2CC[C@@]3(O)CCCC[C@H]3[C@@H]2c2ccc(Cl)cc2)c2c3c(c(=O)oc2c1)CCC3. The van der Waals surface area contributed by atoms with Crippen LogP contribution in [0.4, 0.5) is 0 Å². The minimum Gasteiger partial charge on any atom is -0.480 e. The Morgan fingerprint density at radius 3 is 2.68 bits per heavy atom. The van der Waals surface area contributed by atoms with Gasteiger partial charge in [0.25, 0.3) is 5.91 Å². The van der Waals surface area contributed by atoms with Crippen molar-refractivity contribution in [2.45, 2.75) is 83.0 Å². The van der Waals surface area contributed by atoms with Crippen molar-refractivity contribution in [3.8, 4) is 5.75 Å². The van der Waals surface area contributed by atoms with Gasteiger partial charge in [-0.15, -0.1) is 0 Å². The highest BCUT2D eigenvalue weighted by atomic mass is 35.5. The van der Waals surface area contributed by atoms with E-state index in [1.54, 1.807) is 6.92 Å². The quantitative estimate of drug-likeness (QED) is 0.420. The van der Waals surface area contributed by atoms with Gasteiger partial charge >= 0.3 is 5.63 Å². The third-order valence-corrected chi connectivity index (χ3v) is 9.14. The van der Waals surface area contributed by atoms with Gasteiger partial charge in [0.1, 0.15) is 11.3 Å². The molecule has 3 aliphatic rings. The van der Waals surface area contributed by atoms with Crippen molar-refractivity contribution in [2.24, 2.45) is 5.92 Å². The molecule has 200 valence electrons. The summed E-state index contributed by atoms with van der Waals surface area (Å²) in [5.41, 5.74) is 3.06. The van der Waals surface area contributed by atoms with Crippen LogP contribution in [0.5, 0.6) is 5.75 Å². The van der Waals surface area contributed by atoms with Crippen molar-refractivity contribution >= 4 is 28.5 Å². The molecule has 2 heterocycles. The van der Waals surface area contributed by atoms with Crippen molar-refractivity contribution in [3.63, 3.8) is 0 Å². The van der Waals surface area contributed by atoms with E-state index in [-0.39, 0.29) is 23.5 Å². The summed E-state index contributed by atoms with van der Waals surface area (Å²) in [5, 5.41) is 13.0. The summed E-state index contributed by atoms with van der Waals surface area (Å²) >= 11 is 6.19. The molecule has 2 aliphatic carbocycles. The fourth-order valence-corrected chi connectivity index (χ4v) is 7.20. The normalized spacial score (nSPS) is 25.6. The molecule has 1 amide bonds. The lowest BCUT2D eigenvalue weighted by molar-refractivity contribution is -0.161.